The molecule has 0 atom stereocenters. The van der Waals surface area contributed by atoms with Gasteiger partial charge in [0.2, 0.25) is 0 Å². The van der Waals surface area contributed by atoms with Crippen LogP contribution in [0, 0.1) is 25.2 Å². The van der Waals surface area contributed by atoms with Crippen molar-refractivity contribution >= 4 is 6.03 Å². The number of carbonyl (C=O) groups excluding carboxylic acids is 1. The first-order valence-electron chi connectivity index (χ1n) is 9.56. The molecule has 0 radical (unpaired) electrons. The highest BCUT2D eigenvalue weighted by atomic mass is 16.2. The van der Waals surface area contributed by atoms with E-state index in [-0.39, 0.29) is 6.03 Å². The molecule has 1 saturated heterocycles. The summed E-state index contributed by atoms with van der Waals surface area (Å²) in [6.45, 7) is 5.87. The van der Waals surface area contributed by atoms with E-state index in [1.54, 1.807) is 0 Å². The average Bonchev–Trinajstić information content (AvgIpc) is 3.03. The lowest BCUT2D eigenvalue weighted by Crippen LogP contribution is -2.48. The maximum atomic E-state index is 12.4. The molecule has 3 rings (SSSR count). The highest BCUT2D eigenvalue weighted by Gasteiger charge is 2.37. The molecule has 1 aliphatic heterocycles. The Hall–Kier alpha value is -2.81. The van der Waals surface area contributed by atoms with Crippen molar-refractivity contribution in [2.45, 2.75) is 44.9 Å². The molecule has 6 nitrogen and oxygen atoms in total. The number of aromatic nitrogens is 2. The van der Waals surface area contributed by atoms with E-state index in [1.807, 2.05) is 49.1 Å². The second kappa shape index (κ2) is 8.26. The molecule has 1 fully saturated rings. The Morgan fingerprint density at radius 3 is 2.59 bits per heavy atom. The molecule has 1 aromatic heterocycles. The number of hydrogen-bond donors (Lipinski definition) is 2. The highest BCUT2D eigenvalue weighted by Crippen LogP contribution is 2.34. The Morgan fingerprint density at radius 2 is 2.00 bits per heavy atom. The second-order valence-corrected chi connectivity index (χ2v) is 7.30. The van der Waals surface area contributed by atoms with Gasteiger partial charge in [-0.25, -0.2) is 4.79 Å². The lowest BCUT2D eigenvalue weighted by Gasteiger charge is -2.37. The highest BCUT2D eigenvalue weighted by molar-refractivity contribution is 5.74. The topological polar surface area (TPSA) is 84.8 Å². The van der Waals surface area contributed by atoms with Crippen molar-refractivity contribution in [3.8, 4) is 6.07 Å². The van der Waals surface area contributed by atoms with Crippen LogP contribution in [-0.2, 0) is 11.8 Å². The zero-order valence-electron chi connectivity index (χ0n) is 16.1. The summed E-state index contributed by atoms with van der Waals surface area (Å²) in [5.74, 6) is 0. The first kappa shape index (κ1) is 19.0. The van der Waals surface area contributed by atoms with E-state index in [0.717, 1.165) is 29.8 Å². The van der Waals surface area contributed by atoms with Crippen molar-refractivity contribution in [2.75, 3.05) is 19.6 Å². The molecule has 142 valence electrons. The Balaban J connectivity index is 1.47. The Bertz CT molecular complexity index is 793. The van der Waals surface area contributed by atoms with Crippen LogP contribution in [0.15, 0.2) is 30.3 Å². The van der Waals surface area contributed by atoms with Crippen molar-refractivity contribution in [1.82, 2.24) is 20.4 Å². The van der Waals surface area contributed by atoms with Crippen LogP contribution in [0.5, 0.6) is 0 Å². The van der Waals surface area contributed by atoms with Crippen LogP contribution >= 0.6 is 0 Å². The van der Waals surface area contributed by atoms with Gasteiger partial charge in [-0.15, -0.1) is 0 Å². The normalized spacial score (nSPS) is 16.0. The Morgan fingerprint density at radius 1 is 1.30 bits per heavy atom. The molecule has 1 aliphatic rings. The summed E-state index contributed by atoms with van der Waals surface area (Å²) >= 11 is 0. The molecule has 2 amide bonds. The van der Waals surface area contributed by atoms with Gasteiger partial charge in [0.15, 0.2) is 0 Å². The number of nitrogens with one attached hydrogen (secondary N) is 2. The SMILES string of the molecule is Cc1n[nH]c(C)c1CCCNC(=O)N1CCC(C#N)(c2ccccc2)CC1. The van der Waals surface area contributed by atoms with E-state index < -0.39 is 5.41 Å². The van der Waals surface area contributed by atoms with Crippen LogP contribution in [0.4, 0.5) is 4.79 Å². The number of urea groups is 1. The second-order valence-electron chi connectivity index (χ2n) is 7.30. The smallest absolute Gasteiger partial charge is 0.317 e. The first-order chi connectivity index (χ1) is 13.1. The van der Waals surface area contributed by atoms with E-state index in [1.165, 1.54) is 5.56 Å². The molecule has 2 aromatic rings. The third kappa shape index (κ3) is 4.13. The van der Waals surface area contributed by atoms with Crippen molar-refractivity contribution in [2.24, 2.45) is 0 Å². The molecule has 1 aromatic carbocycles. The van der Waals surface area contributed by atoms with Crippen LogP contribution in [0.2, 0.25) is 0 Å². The van der Waals surface area contributed by atoms with Gasteiger partial charge in [-0.1, -0.05) is 30.3 Å². The fourth-order valence-electron chi connectivity index (χ4n) is 3.83. The van der Waals surface area contributed by atoms with Gasteiger partial charge in [-0.3, -0.25) is 5.10 Å². The maximum Gasteiger partial charge on any atom is 0.317 e. The summed E-state index contributed by atoms with van der Waals surface area (Å²) in [7, 11) is 0. The zero-order valence-corrected chi connectivity index (χ0v) is 16.1. The Labute approximate surface area is 160 Å². The van der Waals surface area contributed by atoms with Gasteiger partial charge in [0.25, 0.3) is 0 Å². The fraction of sp³-hybridized carbons (Fsp3) is 0.476. The van der Waals surface area contributed by atoms with Gasteiger partial charge in [-0.2, -0.15) is 10.4 Å². The Kier molecular flexibility index (Phi) is 5.80. The number of nitrogens with zero attached hydrogens (tertiary/aromatic N) is 3. The number of likely N-dealkylation sites (tertiary alicyclic amines) is 1. The first-order valence-corrected chi connectivity index (χ1v) is 9.56. The van der Waals surface area contributed by atoms with E-state index in [2.05, 4.69) is 21.6 Å². The van der Waals surface area contributed by atoms with Gasteiger partial charge in [-0.05, 0) is 50.7 Å². The molecule has 0 unspecified atom stereocenters. The van der Waals surface area contributed by atoms with Gasteiger partial charge >= 0.3 is 6.03 Å². The number of hydrogen-bond acceptors (Lipinski definition) is 3. The number of aryl methyl sites for hydroxylation is 2. The number of carbonyl (C=O) groups is 1. The molecule has 27 heavy (non-hydrogen) atoms. The predicted molar refractivity (Wildman–Crippen MR) is 104 cm³/mol. The summed E-state index contributed by atoms with van der Waals surface area (Å²) < 4.78 is 0. The molecular formula is C21H27N5O. The average molecular weight is 365 g/mol. The van der Waals surface area contributed by atoms with Gasteiger partial charge in [0.05, 0.1) is 17.2 Å². The number of amides is 2. The van der Waals surface area contributed by atoms with Crippen LogP contribution < -0.4 is 5.32 Å². The van der Waals surface area contributed by atoms with E-state index in [0.29, 0.717) is 32.5 Å². The lowest BCUT2D eigenvalue weighted by molar-refractivity contribution is 0.171. The summed E-state index contributed by atoms with van der Waals surface area (Å²) in [5, 5.41) is 20.0. The molecule has 0 aliphatic carbocycles. The van der Waals surface area contributed by atoms with Crippen LogP contribution in [0.1, 0.15) is 41.8 Å². The standard InChI is InChI=1S/C21H27N5O/c1-16-19(17(2)25-24-16)9-6-12-23-20(27)26-13-10-21(15-22,11-14-26)18-7-4-3-5-8-18/h3-5,7-8H,6,9-14H2,1-2H3,(H,23,27)(H,24,25). The molecule has 0 saturated carbocycles. The van der Waals surface area contributed by atoms with Gasteiger partial charge in [0, 0.05) is 25.3 Å². The maximum absolute atomic E-state index is 12.4. The molecule has 2 N–H and O–H groups in total. The van der Waals surface area contributed by atoms with Crippen molar-refractivity contribution in [3.05, 3.63) is 52.8 Å². The molecule has 6 heteroatoms. The van der Waals surface area contributed by atoms with Gasteiger partial charge in [0.1, 0.15) is 0 Å². The van der Waals surface area contributed by atoms with Gasteiger partial charge < -0.3 is 10.2 Å². The van der Waals surface area contributed by atoms with Crippen LogP contribution in [0.25, 0.3) is 0 Å². The van der Waals surface area contributed by atoms with Crippen molar-refractivity contribution < 1.29 is 4.79 Å². The summed E-state index contributed by atoms with van der Waals surface area (Å²) in [5.41, 5.74) is 3.95. The summed E-state index contributed by atoms with van der Waals surface area (Å²) in [6, 6.07) is 12.4. The van der Waals surface area contributed by atoms with Crippen LogP contribution in [0.3, 0.4) is 0 Å². The van der Waals surface area contributed by atoms with E-state index in [9.17, 15) is 10.1 Å². The minimum Gasteiger partial charge on any atom is -0.338 e. The number of piperidine rings is 1. The third-order valence-corrected chi connectivity index (χ3v) is 5.61. The molecule has 0 spiro atoms. The molecule has 2 heterocycles. The number of nitriles is 1. The third-order valence-electron chi connectivity index (χ3n) is 5.61. The number of aromatic amines is 1. The lowest BCUT2D eigenvalue weighted by atomic mass is 9.74. The van der Waals surface area contributed by atoms with Crippen LogP contribution in [-0.4, -0.2) is 40.8 Å². The monoisotopic (exact) mass is 365 g/mol. The summed E-state index contributed by atoms with van der Waals surface area (Å²) in [4.78, 5) is 14.3. The minimum absolute atomic E-state index is 0.0322. The summed E-state index contributed by atoms with van der Waals surface area (Å²) in [6.07, 6.45) is 3.13. The van der Waals surface area contributed by atoms with Crippen molar-refractivity contribution in [3.63, 3.8) is 0 Å². The number of benzene rings is 1. The fourth-order valence-corrected chi connectivity index (χ4v) is 3.83. The van der Waals surface area contributed by atoms with E-state index in [4.69, 9.17) is 0 Å². The number of rotatable bonds is 5. The quantitative estimate of drug-likeness (QED) is 0.798. The predicted octanol–water partition coefficient (Wildman–Crippen LogP) is 3.23. The zero-order chi connectivity index (χ0) is 19.3. The largest absolute Gasteiger partial charge is 0.338 e. The molecule has 0 bridgehead atoms. The van der Waals surface area contributed by atoms with Crippen molar-refractivity contribution in [1.29, 1.82) is 5.26 Å². The molecular weight excluding hydrogens is 338 g/mol. The van der Waals surface area contributed by atoms with E-state index >= 15 is 0 Å². The number of H-pyrrole nitrogens is 1. The minimum atomic E-state index is -0.478.